The summed E-state index contributed by atoms with van der Waals surface area (Å²) in [6, 6.07) is 20.2. The van der Waals surface area contributed by atoms with Crippen LogP contribution in [0.15, 0.2) is 60.7 Å². The molecule has 0 aliphatic heterocycles. The molecule has 3 aromatic rings. The molecule has 0 amide bonds. The van der Waals surface area contributed by atoms with Gasteiger partial charge in [0.2, 0.25) is 5.95 Å². The molecule has 5 nitrogen and oxygen atoms in total. The average molecular weight is 348 g/mol. The Balaban J connectivity index is 1.78. The van der Waals surface area contributed by atoms with Crippen LogP contribution in [0, 0.1) is 6.92 Å². The standard InChI is InChI=1S/C21H24N4O/c1-4-25(18-8-6-5-7-9-18)20-14-16(2)23-21(24-20)22-15-17-10-12-19(26-3)13-11-17/h5-14H,4,15H2,1-3H3,(H,22,23,24). The molecule has 0 spiro atoms. The van der Waals surface area contributed by atoms with Crippen LogP contribution in [0.2, 0.25) is 0 Å². The van der Waals surface area contributed by atoms with Gasteiger partial charge in [-0.2, -0.15) is 4.98 Å². The summed E-state index contributed by atoms with van der Waals surface area (Å²) in [5.41, 5.74) is 3.20. The van der Waals surface area contributed by atoms with Crippen LogP contribution in [0.5, 0.6) is 5.75 Å². The SMILES string of the molecule is CCN(c1ccccc1)c1cc(C)nc(NCc2ccc(OC)cc2)n1. The first-order valence-corrected chi connectivity index (χ1v) is 8.74. The zero-order chi connectivity index (χ0) is 18.4. The van der Waals surface area contributed by atoms with E-state index >= 15 is 0 Å². The first-order chi connectivity index (χ1) is 12.7. The molecule has 0 saturated heterocycles. The molecule has 3 rings (SSSR count). The number of hydrogen-bond donors (Lipinski definition) is 1. The van der Waals surface area contributed by atoms with E-state index in [1.807, 2.05) is 55.5 Å². The second kappa shape index (κ2) is 8.34. The van der Waals surface area contributed by atoms with Crippen LogP contribution < -0.4 is 15.0 Å². The summed E-state index contributed by atoms with van der Waals surface area (Å²) in [5.74, 6) is 2.37. The maximum atomic E-state index is 5.19. The van der Waals surface area contributed by atoms with Crippen LogP contribution >= 0.6 is 0 Å². The van der Waals surface area contributed by atoms with Gasteiger partial charge in [-0.15, -0.1) is 0 Å². The van der Waals surface area contributed by atoms with E-state index in [2.05, 4.69) is 34.3 Å². The van der Waals surface area contributed by atoms with E-state index in [4.69, 9.17) is 9.72 Å². The van der Waals surface area contributed by atoms with Gasteiger partial charge >= 0.3 is 0 Å². The van der Waals surface area contributed by atoms with Gasteiger partial charge in [-0.1, -0.05) is 30.3 Å². The third kappa shape index (κ3) is 4.30. The molecule has 1 aromatic heterocycles. The van der Waals surface area contributed by atoms with Crippen LogP contribution in [0.3, 0.4) is 0 Å². The fourth-order valence-corrected chi connectivity index (χ4v) is 2.78. The predicted octanol–water partition coefficient (Wildman–Crippen LogP) is 4.56. The molecular formula is C21H24N4O. The fraction of sp³-hybridized carbons (Fsp3) is 0.238. The number of benzene rings is 2. The Labute approximate surface area is 154 Å². The van der Waals surface area contributed by atoms with Gasteiger partial charge in [0.25, 0.3) is 0 Å². The molecule has 26 heavy (non-hydrogen) atoms. The molecule has 0 aliphatic rings. The normalized spacial score (nSPS) is 10.4. The summed E-state index contributed by atoms with van der Waals surface area (Å²) in [5, 5.41) is 3.32. The van der Waals surface area contributed by atoms with Gasteiger partial charge in [-0.25, -0.2) is 4.98 Å². The number of aromatic nitrogens is 2. The lowest BCUT2D eigenvalue weighted by Gasteiger charge is -2.23. The van der Waals surface area contributed by atoms with Crippen LogP contribution in [0.4, 0.5) is 17.5 Å². The third-order valence-corrected chi connectivity index (χ3v) is 4.11. The Morgan fingerprint density at radius 3 is 2.38 bits per heavy atom. The van der Waals surface area contributed by atoms with E-state index in [1.165, 1.54) is 0 Å². The van der Waals surface area contributed by atoms with Crippen molar-refractivity contribution in [2.45, 2.75) is 20.4 Å². The van der Waals surface area contributed by atoms with Crippen LogP contribution in [0.1, 0.15) is 18.2 Å². The molecule has 2 aromatic carbocycles. The lowest BCUT2D eigenvalue weighted by atomic mass is 10.2. The van der Waals surface area contributed by atoms with Crippen molar-refractivity contribution >= 4 is 17.5 Å². The molecule has 0 radical (unpaired) electrons. The number of nitrogens with zero attached hydrogens (tertiary/aromatic N) is 3. The quantitative estimate of drug-likeness (QED) is 0.678. The Morgan fingerprint density at radius 1 is 1.00 bits per heavy atom. The van der Waals surface area contributed by atoms with Gasteiger partial charge in [-0.05, 0) is 43.7 Å². The maximum absolute atomic E-state index is 5.19. The first kappa shape index (κ1) is 17.7. The highest BCUT2D eigenvalue weighted by Crippen LogP contribution is 2.24. The van der Waals surface area contributed by atoms with Crippen molar-refractivity contribution in [1.29, 1.82) is 0 Å². The van der Waals surface area contributed by atoms with E-state index in [0.717, 1.165) is 35.1 Å². The number of anilines is 3. The molecule has 5 heteroatoms. The Hall–Kier alpha value is -3.08. The number of hydrogen-bond acceptors (Lipinski definition) is 5. The van der Waals surface area contributed by atoms with Crippen molar-refractivity contribution in [2.24, 2.45) is 0 Å². The zero-order valence-corrected chi connectivity index (χ0v) is 15.4. The largest absolute Gasteiger partial charge is 0.497 e. The van der Waals surface area contributed by atoms with Crippen molar-refractivity contribution in [3.8, 4) is 5.75 Å². The van der Waals surface area contributed by atoms with Crippen molar-refractivity contribution < 1.29 is 4.74 Å². The number of nitrogens with one attached hydrogen (secondary N) is 1. The lowest BCUT2D eigenvalue weighted by molar-refractivity contribution is 0.414. The number of para-hydroxylation sites is 1. The molecule has 0 saturated carbocycles. The number of aryl methyl sites for hydroxylation is 1. The molecule has 0 atom stereocenters. The lowest BCUT2D eigenvalue weighted by Crippen LogP contribution is -2.18. The average Bonchev–Trinajstić information content (AvgIpc) is 2.68. The summed E-state index contributed by atoms with van der Waals surface area (Å²) in [6.45, 7) is 5.60. The Morgan fingerprint density at radius 2 is 1.73 bits per heavy atom. The first-order valence-electron chi connectivity index (χ1n) is 8.74. The van der Waals surface area contributed by atoms with Crippen LogP contribution in [0.25, 0.3) is 0 Å². The van der Waals surface area contributed by atoms with Crippen molar-refractivity contribution in [3.05, 3.63) is 71.9 Å². The summed E-state index contributed by atoms with van der Waals surface area (Å²) in [4.78, 5) is 11.4. The van der Waals surface area contributed by atoms with E-state index in [1.54, 1.807) is 7.11 Å². The molecule has 1 N–H and O–H groups in total. The smallest absolute Gasteiger partial charge is 0.225 e. The van der Waals surface area contributed by atoms with Gasteiger partial charge < -0.3 is 15.0 Å². The molecule has 0 aliphatic carbocycles. The molecule has 1 heterocycles. The van der Waals surface area contributed by atoms with Gasteiger partial charge in [0.1, 0.15) is 11.6 Å². The van der Waals surface area contributed by atoms with E-state index < -0.39 is 0 Å². The predicted molar refractivity (Wildman–Crippen MR) is 106 cm³/mol. The van der Waals surface area contributed by atoms with Crippen molar-refractivity contribution in [3.63, 3.8) is 0 Å². The zero-order valence-electron chi connectivity index (χ0n) is 15.4. The fourth-order valence-electron chi connectivity index (χ4n) is 2.78. The minimum absolute atomic E-state index is 0.630. The summed E-state index contributed by atoms with van der Waals surface area (Å²) < 4.78 is 5.19. The third-order valence-electron chi connectivity index (χ3n) is 4.11. The minimum atomic E-state index is 0.630. The maximum Gasteiger partial charge on any atom is 0.225 e. The highest BCUT2D eigenvalue weighted by molar-refractivity contribution is 5.61. The number of rotatable bonds is 7. The van der Waals surface area contributed by atoms with Crippen molar-refractivity contribution in [1.82, 2.24) is 9.97 Å². The summed E-state index contributed by atoms with van der Waals surface area (Å²) in [7, 11) is 1.67. The second-order valence-corrected chi connectivity index (χ2v) is 5.97. The monoisotopic (exact) mass is 348 g/mol. The van der Waals surface area contributed by atoms with Gasteiger partial charge in [0.15, 0.2) is 0 Å². The van der Waals surface area contributed by atoms with E-state index in [9.17, 15) is 0 Å². The molecule has 0 unspecified atom stereocenters. The Kier molecular flexibility index (Phi) is 5.69. The van der Waals surface area contributed by atoms with Crippen LogP contribution in [-0.2, 0) is 6.54 Å². The van der Waals surface area contributed by atoms with Crippen LogP contribution in [-0.4, -0.2) is 23.6 Å². The molecule has 0 bridgehead atoms. The summed E-state index contributed by atoms with van der Waals surface area (Å²) >= 11 is 0. The topological polar surface area (TPSA) is 50.3 Å². The number of methoxy groups -OCH3 is 1. The van der Waals surface area contributed by atoms with E-state index in [0.29, 0.717) is 12.5 Å². The highest BCUT2D eigenvalue weighted by atomic mass is 16.5. The highest BCUT2D eigenvalue weighted by Gasteiger charge is 2.11. The molecular weight excluding hydrogens is 324 g/mol. The van der Waals surface area contributed by atoms with Crippen molar-refractivity contribution in [2.75, 3.05) is 23.9 Å². The minimum Gasteiger partial charge on any atom is -0.497 e. The molecule has 0 fully saturated rings. The van der Waals surface area contributed by atoms with Gasteiger partial charge in [0.05, 0.1) is 7.11 Å². The second-order valence-electron chi connectivity index (χ2n) is 5.97. The molecule has 134 valence electrons. The number of ether oxygens (including phenoxy) is 1. The van der Waals surface area contributed by atoms with Gasteiger partial charge in [-0.3, -0.25) is 0 Å². The Bertz CT molecular complexity index is 834. The van der Waals surface area contributed by atoms with Gasteiger partial charge in [0, 0.05) is 30.5 Å². The van der Waals surface area contributed by atoms with E-state index in [-0.39, 0.29) is 0 Å². The summed E-state index contributed by atoms with van der Waals surface area (Å²) in [6.07, 6.45) is 0.